The normalized spacial score (nSPS) is 18.7. The van der Waals surface area contributed by atoms with E-state index in [1.165, 1.54) is 16.7 Å². The summed E-state index contributed by atoms with van der Waals surface area (Å²) < 4.78 is 46.1. The number of nitrogens with zero attached hydrogens (tertiary/aromatic N) is 5. The smallest absolute Gasteiger partial charge is 0.379 e. The van der Waals surface area contributed by atoms with Crippen molar-refractivity contribution in [3.05, 3.63) is 42.4 Å². The first-order valence-electron chi connectivity index (χ1n) is 8.62. The van der Waals surface area contributed by atoms with Crippen LogP contribution in [0.2, 0.25) is 0 Å². The Morgan fingerprint density at radius 3 is 2.85 bits per heavy atom. The van der Waals surface area contributed by atoms with E-state index in [0.717, 1.165) is 18.8 Å². The summed E-state index contributed by atoms with van der Waals surface area (Å²) in [5.74, 6) is 0.872. The molecular weight excluding hydrogens is 359 g/mol. The number of fused-ring (bicyclic) bond motifs is 1. The minimum absolute atomic E-state index is 0.338. The number of rotatable bonds is 2. The molecule has 1 fully saturated rings. The van der Waals surface area contributed by atoms with Crippen molar-refractivity contribution in [2.24, 2.45) is 5.92 Å². The van der Waals surface area contributed by atoms with Crippen molar-refractivity contribution in [2.45, 2.75) is 13.1 Å². The van der Waals surface area contributed by atoms with Crippen molar-refractivity contribution in [3.8, 4) is 11.4 Å². The predicted octanol–water partition coefficient (Wildman–Crippen LogP) is 3.28. The molecule has 0 radical (unpaired) electrons. The van der Waals surface area contributed by atoms with E-state index in [1.807, 2.05) is 4.90 Å². The van der Waals surface area contributed by atoms with Gasteiger partial charge in [0, 0.05) is 25.5 Å². The molecule has 1 atom stereocenters. The fourth-order valence-corrected chi connectivity index (χ4v) is 3.14. The summed E-state index contributed by atoms with van der Waals surface area (Å²) in [5.41, 5.74) is 0.695. The number of hydrogen-bond donors (Lipinski definition) is 0. The second-order valence-electron chi connectivity index (χ2n) is 6.66. The molecular formula is C18H18F3N5O. The Labute approximate surface area is 153 Å². The van der Waals surface area contributed by atoms with Gasteiger partial charge in [0.2, 0.25) is 5.95 Å². The molecule has 1 aliphatic heterocycles. The number of pyridine rings is 1. The Morgan fingerprint density at radius 2 is 2.04 bits per heavy atom. The van der Waals surface area contributed by atoms with Crippen LogP contribution in [0.15, 0.2) is 36.8 Å². The van der Waals surface area contributed by atoms with Gasteiger partial charge in [-0.3, -0.25) is 4.40 Å². The lowest BCUT2D eigenvalue weighted by molar-refractivity contribution is -0.137. The second kappa shape index (κ2) is 6.80. The lowest BCUT2D eigenvalue weighted by Crippen LogP contribution is -2.30. The number of hydrogen-bond acceptors (Lipinski definition) is 5. The van der Waals surface area contributed by atoms with Crippen LogP contribution in [-0.2, 0) is 10.9 Å². The van der Waals surface area contributed by atoms with E-state index < -0.39 is 11.7 Å². The SMILES string of the molecule is CC1COCCN(c2nccc(-c3cnc4ccc(C(F)(F)F)cn34)n2)C1. The average molecular weight is 377 g/mol. The van der Waals surface area contributed by atoms with Crippen molar-refractivity contribution in [2.75, 3.05) is 31.2 Å². The van der Waals surface area contributed by atoms with E-state index in [9.17, 15) is 13.2 Å². The zero-order valence-corrected chi connectivity index (χ0v) is 14.6. The van der Waals surface area contributed by atoms with E-state index in [0.29, 0.717) is 48.7 Å². The van der Waals surface area contributed by atoms with Crippen molar-refractivity contribution < 1.29 is 17.9 Å². The van der Waals surface area contributed by atoms with Crippen LogP contribution < -0.4 is 4.90 Å². The summed E-state index contributed by atoms with van der Waals surface area (Å²) in [7, 11) is 0. The van der Waals surface area contributed by atoms with Crippen molar-refractivity contribution in [1.82, 2.24) is 19.4 Å². The molecule has 6 nitrogen and oxygen atoms in total. The highest BCUT2D eigenvalue weighted by Crippen LogP contribution is 2.30. The summed E-state index contributed by atoms with van der Waals surface area (Å²) in [6.45, 7) is 4.78. The molecule has 0 N–H and O–H groups in total. The van der Waals surface area contributed by atoms with E-state index in [2.05, 4.69) is 21.9 Å². The van der Waals surface area contributed by atoms with Crippen LogP contribution in [-0.4, -0.2) is 45.7 Å². The van der Waals surface area contributed by atoms with Gasteiger partial charge in [-0.15, -0.1) is 0 Å². The fraction of sp³-hybridized carbons (Fsp3) is 0.389. The zero-order chi connectivity index (χ0) is 19.0. The zero-order valence-electron chi connectivity index (χ0n) is 14.6. The molecule has 0 bridgehead atoms. The highest BCUT2D eigenvalue weighted by atomic mass is 19.4. The Kier molecular flexibility index (Phi) is 4.47. The number of halogens is 3. The third kappa shape index (κ3) is 3.59. The molecule has 1 aliphatic rings. The number of aromatic nitrogens is 4. The van der Waals surface area contributed by atoms with Crippen LogP contribution in [0, 0.1) is 5.92 Å². The topological polar surface area (TPSA) is 55.5 Å². The maximum Gasteiger partial charge on any atom is 0.417 e. The maximum atomic E-state index is 13.1. The number of ether oxygens (including phenoxy) is 1. The number of anilines is 1. The van der Waals surface area contributed by atoms with Gasteiger partial charge in [0.15, 0.2) is 0 Å². The molecule has 142 valence electrons. The molecule has 0 aromatic carbocycles. The lowest BCUT2D eigenvalue weighted by atomic mass is 10.2. The minimum Gasteiger partial charge on any atom is -0.379 e. The van der Waals surface area contributed by atoms with E-state index in [1.54, 1.807) is 12.3 Å². The van der Waals surface area contributed by atoms with Crippen molar-refractivity contribution in [1.29, 1.82) is 0 Å². The van der Waals surface area contributed by atoms with Crippen LogP contribution in [0.3, 0.4) is 0 Å². The maximum absolute atomic E-state index is 13.1. The van der Waals surface area contributed by atoms with E-state index in [-0.39, 0.29) is 0 Å². The third-order valence-corrected chi connectivity index (χ3v) is 4.46. The van der Waals surface area contributed by atoms with Gasteiger partial charge in [-0.2, -0.15) is 13.2 Å². The molecule has 4 heterocycles. The van der Waals surface area contributed by atoms with Crippen LogP contribution in [0.25, 0.3) is 17.0 Å². The van der Waals surface area contributed by atoms with Gasteiger partial charge in [0.1, 0.15) is 5.65 Å². The molecule has 0 amide bonds. The van der Waals surface area contributed by atoms with Gasteiger partial charge in [-0.05, 0) is 24.1 Å². The number of imidazole rings is 1. The van der Waals surface area contributed by atoms with Gasteiger partial charge in [-0.25, -0.2) is 15.0 Å². The Bertz CT molecular complexity index is 956. The monoisotopic (exact) mass is 377 g/mol. The standard InChI is InChI=1S/C18H18F3N5O/c1-12-9-25(6-7-27-11-12)17-22-5-4-14(24-17)15-8-23-16-3-2-13(10-26(15)16)18(19,20)21/h2-5,8,10,12H,6-7,9,11H2,1H3. The quantitative estimate of drug-likeness (QED) is 0.686. The lowest BCUT2D eigenvalue weighted by Gasteiger charge is -2.21. The highest BCUT2D eigenvalue weighted by Gasteiger charge is 2.31. The molecule has 4 rings (SSSR count). The third-order valence-electron chi connectivity index (χ3n) is 4.46. The fourth-order valence-electron chi connectivity index (χ4n) is 3.14. The summed E-state index contributed by atoms with van der Waals surface area (Å²) in [6, 6.07) is 4.04. The molecule has 0 spiro atoms. The summed E-state index contributed by atoms with van der Waals surface area (Å²) in [4.78, 5) is 15.1. The molecule has 1 unspecified atom stereocenters. The Balaban J connectivity index is 1.73. The van der Waals surface area contributed by atoms with Crippen LogP contribution in [0.1, 0.15) is 12.5 Å². The number of alkyl halides is 3. The Hall–Kier alpha value is -2.68. The second-order valence-corrected chi connectivity index (χ2v) is 6.66. The van der Waals surface area contributed by atoms with Crippen molar-refractivity contribution in [3.63, 3.8) is 0 Å². The Morgan fingerprint density at radius 1 is 1.19 bits per heavy atom. The molecule has 9 heteroatoms. The molecule has 1 saturated heterocycles. The van der Waals surface area contributed by atoms with Crippen LogP contribution >= 0.6 is 0 Å². The van der Waals surface area contributed by atoms with Gasteiger partial charge >= 0.3 is 6.18 Å². The highest BCUT2D eigenvalue weighted by molar-refractivity contribution is 5.61. The largest absolute Gasteiger partial charge is 0.417 e. The molecule has 0 aliphatic carbocycles. The van der Waals surface area contributed by atoms with Crippen molar-refractivity contribution >= 4 is 11.6 Å². The van der Waals surface area contributed by atoms with E-state index >= 15 is 0 Å². The average Bonchev–Trinajstić information content (AvgIpc) is 2.94. The first kappa shape index (κ1) is 17.7. The van der Waals surface area contributed by atoms with Gasteiger partial charge in [-0.1, -0.05) is 6.92 Å². The summed E-state index contributed by atoms with van der Waals surface area (Å²) in [6.07, 6.45) is -0.243. The van der Waals surface area contributed by atoms with E-state index in [4.69, 9.17) is 4.74 Å². The molecule has 0 saturated carbocycles. The van der Waals surface area contributed by atoms with Crippen LogP contribution in [0.4, 0.5) is 19.1 Å². The molecule has 27 heavy (non-hydrogen) atoms. The molecule has 3 aromatic rings. The first-order valence-corrected chi connectivity index (χ1v) is 8.62. The summed E-state index contributed by atoms with van der Waals surface area (Å²) >= 11 is 0. The minimum atomic E-state index is -4.42. The summed E-state index contributed by atoms with van der Waals surface area (Å²) in [5, 5.41) is 0. The van der Waals surface area contributed by atoms with Crippen LogP contribution in [0.5, 0.6) is 0 Å². The first-order chi connectivity index (χ1) is 12.9. The predicted molar refractivity (Wildman–Crippen MR) is 93.4 cm³/mol. The van der Waals surface area contributed by atoms with Gasteiger partial charge in [0.25, 0.3) is 0 Å². The van der Waals surface area contributed by atoms with Gasteiger partial charge < -0.3 is 9.64 Å². The van der Waals surface area contributed by atoms with Gasteiger partial charge in [0.05, 0.1) is 36.4 Å². The molecule has 3 aromatic heterocycles.